The third-order valence-corrected chi connectivity index (χ3v) is 5.71. The predicted molar refractivity (Wildman–Crippen MR) is 94.8 cm³/mol. The molecule has 2 N–H and O–H groups in total. The van der Waals surface area contributed by atoms with E-state index >= 15 is 0 Å². The lowest BCUT2D eigenvalue weighted by atomic mass is 9.98. The fourth-order valence-corrected chi connectivity index (χ4v) is 4.13. The van der Waals surface area contributed by atoms with E-state index in [0.29, 0.717) is 18.3 Å². The Balaban J connectivity index is 1.56. The number of nitrogens with one attached hydrogen (secondary N) is 2. The average molecular weight is 398 g/mol. The van der Waals surface area contributed by atoms with Crippen LogP contribution in [-0.2, 0) is 18.3 Å². The summed E-state index contributed by atoms with van der Waals surface area (Å²) in [4.78, 5) is 17.8. The van der Waals surface area contributed by atoms with E-state index in [9.17, 15) is 4.79 Å². The summed E-state index contributed by atoms with van der Waals surface area (Å²) in [6, 6.07) is 2.05. The zero-order valence-electron chi connectivity index (χ0n) is 13.0. The van der Waals surface area contributed by atoms with E-state index in [1.165, 1.54) is 4.88 Å². The van der Waals surface area contributed by atoms with E-state index in [4.69, 9.17) is 0 Å². The molecule has 1 fully saturated rings. The standard InChI is InChI=1S/C15H20BrN5OS/c1-21-15(19-14(20-21)10-4-6-17-7-5-10)18-13(22)3-2-12-8-11(16)9-23-12/h8-10,17H,2-7H2,1H3,(H,18,19,20,22). The number of amides is 1. The van der Waals surface area contributed by atoms with E-state index in [1.807, 2.05) is 12.4 Å². The van der Waals surface area contributed by atoms with Crippen molar-refractivity contribution in [3.63, 3.8) is 0 Å². The minimum absolute atomic E-state index is 0.0260. The van der Waals surface area contributed by atoms with Gasteiger partial charge in [-0.3, -0.25) is 10.1 Å². The predicted octanol–water partition coefficient (Wildman–Crippen LogP) is 2.68. The molecule has 1 saturated heterocycles. The van der Waals surface area contributed by atoms with Crippen LogP contribution in [0.1, 0.15) is 35.9 Å². The summed E-state index contributed by atoms with van der Waals surface area (Å²) in [5, 5.41) is 12.7. The molecule has 8 heteroatoms. The topological polar surface area (TPSA) is 71.8 Å². The van der Waals surface area contributed by atoms with Crippen molar-refractivity contribution in [3.05, 3.63) is 26.6 Å². The molecule has 3 heterocycles. The van der Waals surface area contributed by atoms with Gasteiger partial charge >= 0.3 is 0 Å². The molecule has 1 aliphatic heterocycles. The number of aryl methyl sites for hydroxylation is 2. The summed E-state index contributed by atoms with van der Waals surface area (Å²) in [5.74, 6) is 1.74. The van der Waals surface area contributed by atoms with Crippen molar-refractivity contribution >= 4 is 39.1 Å². The zero-order chi connectivity index (χ0) is 16.2. The summed E-state index contributed by atoms with van der Waals surface area (Å²) < 4.78 is 2.73. The van der Waals surface area contributed by atoms with Crippen LogP contribution in [0.25, 0.3) is 0 Å². The average Bonchev–Trinajstić information content (AvgIpc) is 3.13. The van der Waals surface area contributed by atoms with Crippen LogP contribution in [0.15, 0.2) is 15.9 Å². The Morgan fingerprint density at radius 2 is 2.30 bits per heavy atom. The van der Waals surface area contributed by atoms with Crippen LogP contribution in [-0.4, -0.2) is 33.8 Å². The minimum Gasteiger partial charge on any atom is -0.317 e. The number of carbonyl (C=O) groups is 1. The molecule has 0 bridgehead atoms. The summed E-state index contributed by atoms with van der Waals surface area (Å²) in [7, 11) is 1.82. The number of aromatic nitrogens is 3. The van der Waals surface area contributed by atoms with Gasteiger partial charge in [-0.1, -0.05) is 0 Å². The Kier molecular flexibility index (Phi) is 5.45. The molecule has 3 rings (SSSR count). The highest BCUT2D eigenvalue weighted by Gasteiger charge is 2.21. The maximum Gasteiger partial charge on any atom is 0.227 e. The molecule has 2 aromatic rings. The first-order chi connectivity index (χ1) is 11.1. The third-order valence-electron chi connectivity index (χ3n) is 3.96. The number of halogens is 1. The van der Waals surface area contributed by atoms with Crippen LogP contribution in [0.2, 0.25) is 0 Å². The van der Waals surface area contributed by atoms with Gasteiger partial charge in [-0.05, 0) is 54.3 Å². The zero-order valence-corrected chi connectivity index (χ0v) is 15.4. The van der Waals surface area contributed by atoms with Crippen LogP contribution in [0.3, 0.4) is 0 Å². The van der Waals surface area contributed by atoms with Gasteiger partial charge in [0.15, 0.2) is 5.82 Å². The van der Waals surface area contributed by atoms with Gasteiger partial charge in [0.1, 0.15) is 0 Å². The first-order valence-electron chi connectivity index (χ1n) is 7.76. The number of nitrogens with zero attached hydrogens (tertiary/aromatic N) is 3. The van der Waals surface area contributed by atoms with E-state index < -0.39 is 0 Å². The molecule has 0 unspecified atom stereocenters. The number of hydrogen-bond acceptors (Lipinski definition) is 5. The molecule has 0 aliphatic carbocycles. The molecular formula is C15H20BrN5OS. The molecular weight excluding hydrogens is 378 g/mol. The maximum absolute atomic E-state index is 12.1. The van der Waals surface area contributed by atoms with Gasteiger partial charge < -0.3 is 5.32 Å². The van der Waals surface area contributed by atoms with E-state index in [1.54, 1.807) is 16.0 Å². The second kappa shape index (κ2) is 7.55. The van der Waals surface area contributed by atoms with Crippen molar-refractivity contribution < 1.29 is 4.79 Å². The fraction of sp³-hybridized carbons (Fsp3) is 0.533. The minimum atomic E-state index is -0.0260. The fourth-order valence-electron chi connectivity index (χ4n) is 2.68. The number of thiophene rings is 1. The quantitative estimate of drug-likeness (QED) is 0.813. The second-order valence-corrected chi connectivity index (χ2v) is 7.63. The lowest BCUT2D eigenvalue weighted by molar-refractivity contribution is -0.116. The Labute approximate surface area is 147 Å². The van der Waals surface area contributed by atoms with Gasteiger partial charge in [0, 0.05) is 34.1 Å². The highest BCUT2D eigenvalue weighted by Crippen LogP contribution is 2.24. The summed E-state index contributed by atoms with van der Waals surface area (Å²) in [5.41, 5.74) is 0. The summed E-state index contributed by atoms with van der Waals surface area (Å²) in [6.45, 7) is 2.00. The van der Waals surface area contributed by atoms with Crippen molar-refractivity contribution in [1.82, 2.24) is 20.1 Å². The lowest BCUT2D eigenvalue weighted by Crippen LogP contribution is -2.27. The molecule has 0 radical (unpaired) electrons. The Hall–Kier alpha value is -1.25. The molecule has 0 spiro atoms. The first kappa shape index (κ1) is 16.6. The molecule has 0 aromatic carbocycles. The van der Waals surface area contributed by atoms with E-state index in [2.05, 4.69) is 42.7 Å². The third kappa shape index (κ3) is 4.39. The van der Waals surface area contributed by atoms with E-state index in [-0.39, 0.29) is 5.91 Å². The van der Waals surface area contributed by atoms with Crippen molar-refractivity contribution in [3.8, 4) is 0 Å². The molecule has 23 heavy (non-hydrogen) atoms. The van der Waals surface area contributed by atoms with Crippen LogP contribution in [0.5, 0.6) is 0 Å². The Bertz CT molecular complexity index is 677. The molecule has 124 valence electrons. The largest absolute Gasteiger partial charge is 0.317 e. The van der Waals surface area contributed by atoms with Crippen LogP contribution in [0, 0.1) is 0 Å². The van der Waals surface area contributed by atoms with Gasteiger partial charge in [0.2, 0.25) is 11.9 Å². The number of anilines is 1. The van der Waals surface area contributed by atoms with Crippen LogP contribution >= 0.6 is 27.3 Å². The van der Waals surface area contributed by atoms with Crippen LogP contribution in [0.4, 0.5) is 5.95 Å². The SMILES string of the molecule is Cn1nc(C2CCNCC2)nc1NC(=O)CCc1cc(Br)cs1. The molecule has 0 atom stereocenters. The summed E-state index contributed by atoms with van der Waals surface area (Å²) >= 11 is 5.08. The maximum atomic E-state index is 12.1. The van der Waals surface area contributed by atoms with Crippen molar-refractivity contribution in [1.29, 1.82) is 0 Å². The molecule has 2 aromatic heterocycles. The van der Waals surface area contributed by atoms with Gasteiger partial charge in [0.25, 0.3) is 0 Å². The van der Waals surface area contributed by atoms with Crippen molar-refractivity contribution in [2.75, 3.05) is 18.4 Å². The normalized spacial score (nSPS) is 15.7. The first-order valence-corrected chi connectivity index (χ1v) is 9.43. The van der Waals surface area contributed by atoms with Gasteiger partial charge in [-0.2, -0.15) is 10.1 Å². The van der Waals surface area contributed by atoms with Crippen molar-refractivity contribution in [2.24, 2.45) is 7.05 Å². The number of rotatable bonds is 5. The monoisotopic (exact) mass is 397 g/mol. The Morgan fingerprint density at radius 3 is 3.00 bits per heavy atom. The second-order valence-electron chi connectivity index (χ2n) is 5.72. The molecule has 1 amide bonds. The molecule has 1 aliphatic rings. The van der Waals surface area contributed by atoms with Gasteiger partial charge in [-0.25, -0.2) is 4.68 Å². The number of carbonyl (C=O) groups excluding carboxylic acids is 1. The van der Waals surface area contributed by atoms with E-state index in [0.717, 1.165) is 42.6 Å². The molecule has 6 nitrogen and oxygen atoms in total. The van der Waals surface area contributed by atoms with Gasteiger partial charge in [0.05, 0.1) is 0 Å². The summed E-state index contributed by atoms with van der Waals surface area (Å²) in [6.07, 6.45) is 3.28. The number of hydrogen-bond donors (Lipinski definition) is 2. The number of piperidine rings is 1. The lowest BCUT2D eigenvalue weighted by Gasteiger charge is -2.19. The van der Waals surface area contributed by atoms with Crippen molar-refractivity contribution in [2.45, 2.75) is 31.6 Å². The Morgan fingerprint density at radius 1 is 1.52 bits per heavy atom. The molecule has 0 saturated carbocycles. The highest BCUT2D eigenvalue weighted by atomic mass is 79.9. The smallest absolute Gasteiger partial charge is 0.227 e. The highest BCUT2D eigenvalue weighted by molar-refractivity contribution is 9.10. The van der Waals surface area contributed by atoms with Gasteiger partial charge in [-0.15, -0.1) is 11.3 Å². The van der Waals surface area contributed by atoms with Crippen LogP contribution < -0.4 is 10.6 Å².